The Labute approximate surface area is 231 Å². The van der Waals surface area contributed by atoms with Gasteiger partial charge in [0.2, 0.25) is 11.8 Å². The Morgan fingerprint density at radius 3 is 1.95 bits per heavy atom. The van der Waals surface area contributed by atoms with Crippen molar-refractivity contribution in [2.45, 2.75) is 44.3 Å². The van der Waals surface area contributed by atoms with Gasteiger partial charge in [0.1, 0.15) is 12.1 Å². The number of carbonyl (C=O) groups excluding carboxylic acids is 3. The number of anilines is 1. The van der Waals surface area contributed by atoms with E-state index in [4.69, 9.17) is 4.74 Å². The first kappa shape index (κ1) is 27.4. The number of rotatable bonds is 8. The molecule has 7 nitrogen and oxygen atoms in total. The lowest BCUT2D eigenvalue weighted by atomic mass is 10.0. The number of amides is 3. The van der Waals surface area contributed by atoms with Gasteiger partial charge in [-0.05, 0) is 41.7 Å². The highest BCUT2D eigenvalue weighted by molar-refractivity contribution is 9.08. The van der Waals surface area contributed by atoms with E-state index in [1.807, 2.05) is 86.6 Å². The fourth-order valence-electron chi connectivity index (χ4n) is 4.75. The summed E-state index contributed by atoms with van der Waals surface area (Å²) < 4.78 is 5.98. The molecule has 0 aromatic heterocycles. The van der Waals surface area contributed by atoms with Gasteiger partial charge in [0.15, 0.2) is 6.10 Å². The van der Waals surface area contributed by atoms with Crippen molar-refractivity contribution in [2.75, 3.05) is 12.4 Å². The zero-order chi connectivity index (χ0) is 27.4. The first-order chi connectivity index (χ1) is 18.2. The molecule has 0 saturated carbocycles. The minimum absolute atomic E-state index is 0.220. The molecular weight excluding hydrogens is 546 g/mol. The molecule has 2 atom stereocenters. The minimum atomic E-state index is -0.831. The summed E-state index contributed by atoms with van der Waals surface area (Å²) in [7, 11) is 1.55. The van der Waals surface area contributed by atoms with E-state index in [1.165, 1.54) is 4.90 Å². The second kappa shape index (κ2) is 11.8. The summed E-state index contributed by atoms with van der Waals surface area (Å²) in [6, 6.07) is 21.5. The summed E-state index contributed by atoms with van der Waals surface area (Å²) in [5, 5.41) is 6.29. The van der Waals surface area contributed by atoms with E-state index < -0.39 is 30.2 Å². The maximum absolute atomic E-state index is 13.3. The van der Waals surface area contributed by atoms with Gasteiger partial charge in [-0.1, -0.05) is 90.4 Å². The summed E-state index contributed by atoms with van der Waals surface area (Å²) in [4.78, 5) is 40.6. The monoisotopic (exact) mass is 577 g/mol. The fraction of sp³-hybridized carbons (Fsp3) is 0.300. The van der Waals surface area contributed by atoms with E-state index in [2.05, 4.69) is 26.6 Å². The lowest BCUT2D eigenvalue weighted by Crippen LogP contribution is -2.54. The van der Waals surface area contributed by atoms with Crippen molar-refractivity contribution in [3.05, 3.63) is 89.5 Å². The predicted octanol–water partition coefficient (Wildman–Crippen LogP) is 5.89. The van der Waals surface area contributed by atoms with Gasteiger partial charge in [-0.15, -0.1) is 0 Å². The van der Waals surface area contributed by atoms with Gasteiger partial charge in [-0.3, -0.25) is 14.5 Å². The fourth-order valence-corrected chi connectivity index (χ4v) is 5.13. The molecule has 0 spiro atoms. The average Bonchev–Trinajstić information content (AvgIpc) is 3.22. The van der Waals surface area contributed by atoms with E-state index >= 15 is 0 Å². The molecule has 198 valence electrons. The number of halogens is 1. The van der Waals surface area contributed by atoms with Crippen LogP contribution in [0.1, 0.15) is 43.6 Å². The number of hydrogen-bond donors (Lipinski definition) is 2. The molecule has 0 fully saturated rings. The third-order valence-corrected chi connectivity index (χ3v) is 7.38. The SMILES string of the molecule is CC(C)[C@@H](C(=O)N[C@@H](C)C(=O)Nc1ccc(CBr)cc1)N(C)C(=O)OC1c2ccccc2-c2ccccc21. The van der Waals surface area contributed by atoms with Crippen LogP contribution in [-0.4, -0.2) is 41.9 Å². The van der Waals surface area contributed by atoms with Crippen molar-refractivity contribution in [3.8, 4) is 11.1 Å². The van der Waals surface area contributed by atoms with E-state index in [9.17, 15) is 14.4 Å². The standard InChI is InChI=1S/C30H32BrN3O4/c1-18(2)26(29(36)32-19(3)28(35)33-21-15-13-20(17-31)14-16-21)34(4)30(37)38-27-24-11-7-5-9-22(24)23-10-6-8-12-25(23)27/h5-16,18-19,26-27H,17H2,1-4H3,(H,32,36)(H,33,35)/t19-,26-/m0/s1. The number of alkyl halides is 1. The maximum atomic E-state index is 13.3. The van der Waals surface area contributed by atoms with Gasteiger partial charge in [-0.2, -0.15) is 0 Å². The number of hydrogen-bond acceptors (Lipinski definition) is 4. The minimum Gasteiger partial charge on any atom is -0.436 e. The molecule has 3 aromatic carbocycles. The van der Waals surface area contributed by atoms with Crippen molar-refractivity contribution in [1.29, 1.82) is 0 Å². The highest BCUT2D eigenvalue weighted by atomic mass is 79.9. The zero-order valence-electron chi connectivity index (χ0n) is 21.9. The second-order valence-electron chi connectivity index (χ2n) is 9.79. The van der Waals surface area contributed by atoms with Crippen molar-refractivity contribution < 1.29 is 19.1 Å². The number of fused-ring (bicyclic) bond motifs is 3. The zero-order valence-corrected chi connectivity index (χ0v) is 23.5. The summed E-state index contributed by atoms with van der Waals surface area (Å²) in [5.41, 5.74) is 5.61. The first-order valence-corrected chi connectivity index (χ1v) is 13.7. The third-order valence-electron chi connectivity index (χ3n) is 6.73. The summed E-state index contributed by atoms with van der Waals surface area (Å²) in [6.45, 7) is 5.32. The lowest BCUT2D eigenvalue weighted by Gasteiger charge is -2.31. The number of nitrogens with zero attached hydrogens (tertiary/aromatic N) is 1. The second-order valence-corrected chi connectivity index (χ2v) is 10.3. The molecule has 3 amide bonds. The van der Waals surface area contributed by atoms with Crippen LogP contribution >= 0.6 is 15.9 Å². The van der Waals surface area contributed by atoms with Crippen LogP contribution in [-0.2, 0) is 19.7 Å². The summed E-state index contributed by atoms with van der Waals surface area (Å²) in [6.07, 6.45) is -1.17. The Kier molecular flexibility index (Phi) is 8.52. The van der Waals surface area contributed by atoms with E-state index in [-0.39, 0.29) is 11.8 Å². The van der Waals surface area contributed by atoms with Crippen LogP contribution in [0.25, 0.3) is 11.1 Å². The predicted molar refractivity (Wildman–Crippen MR) is 152 cm³/mol. The molecular formula is C30H32BrN3O4. The van der Waals surface area contributed by atoms with Crippen LogP contribution in [0.2, 0.25) is 0 Å². The van der Waals surface area contributed by atoms with Crippen molar-refractivity contribution >= 4 is 39.5 Å². The van der Waals surface area contributed by atoms with Gasteiger partial charge < -0.3 is 15.4 Å². The summed E-state index contributed by atoms with van der Waals surface area (Å²) in [5.74, 6) is -0.997. The van der Waals surface area contributed by atoms with Crippen LogP contribution < -0.4 is 10.6 Å². The van der Waals surface area contributed by atoms with Crippen LogP contribution in [0.4, 0.5) is 10.5 Å². The Balaban J connectivity index is 1.43. The molecule has 0 radical (unpaired) electrons. The van der Waals surface area contributed by atoms with Gasteiger partial charge >= 0.3 is 6.09 Å². The summed E-state index contributed by atoms with van der Waals surface area (Å²) >= 11 is 3.40. The molecule has 0 aliphatic heterocycles. The Morgan fingerprint density at radius 2 is 1.42 bits per heavy atom. The number of ether oxygens (including phenoxy) is 1. The van der Waals surface area contributed by atoms with Gasteiger partial charge in [0.25, 0.3) is 0 Å². The number of likely N-dealkylation sites (N-methyl/N-ethyl adjacent to an activating group) is 1. The molecule has 0 heterocycles. The molecule has 2 N–H and O–H groups in total. The maximum Gasteiger partial charge on any atom is 0.411 e. The van der Waals surface area contributed by atoms with Crippen LogP contribution in [0.5, 0.6) is 0 Å². The van der Waals surface area contributed by atoms with Crippen molar-refractivity contribution in [3.63, 3.8) is 0 Å². The molecule has 0 unspecified atom stereocenters. The number of nitrogens with one attached hydrogen (secondary N) is 2. The highest BCUT2D eigenvalue weighted by Crippen LogP contribution is 2.45. The Morgan fingerprint density at radius 1 is 0.868 bits per heavy atom. The number of benzene rings is 3. The lowest BCUT2D eigenvalue weighted by molar-refractivity contribution is -0.130. The first-order valence-electron chi connectivity index (χ1n) is 12.6. The van der Waals surface area contributed by atoms with Crippen molar-refractivity contribution in [2.24, 2.45) is 5.92 Å². The molecule has 0 saturated heterocycles. The normalized spacial score (nSPS) is 13.7. The van der Waals surface area contributed by atoms with Gasteiger partial charge in [0.05, 0.1) is 0 Å². The number of carbonyl (C=O) groups is 3. The van der Waals surface area contributed by atoms with E-state index in [0.717, 1.165) is 33.1 Å². The van der Waals surface area contributed by atoms with E-state index in [0.29, 0.717) is 5.69 Å². The molecule has 38 heavy (non-hydrogen) atoms. The quantitative estimate of drug-likeness (QED) is 0.327. The molecule has 1 aliphatic carbocycles. The van der Waals surface area contributed by atoms with Crippen LogP contribution in [0.15, 0.2) is 72.8 Å². The van der Waals surface area contributed by atoms with Crippen molar-refractivity contribution in [1.82, 2.24) is 10.2 Å². The Bertz CT molecular complexity index is 1280. The highest BCUT2D eigenvalue weighted by Gasteiger charge is 2.36. The van der Waals surface area contributed by atoms with Gasteiger partial charge in [0, 0.05) is 29.2 Å². The largest absolute Gasteiger partial charge is 0.436 e. The van der Waals surface area contributed by atoms with Crippen LogP contribution in [0, 0.1) is 5.92 Å². The molecule has 4 rings (SSSR count). The molecule has 8 heteroatoms. The smallest absolute Gasteiger partial charge is 0.411 e. The molecule has 1 aliphatic rings. The van der Waals surface area contributed by atoms with E-state index in [1.54, 1.807) is 14.0 Å². The molecule has 0 bridgehead atoms. The average molecular weight is 579 g/mol. The Hall–Kier alpha value is -3.65. The molecule has 3 aromatic rings. The topological polar surface area (TPSA) is 87.7 Å². The van der Waals surface area contributed by atoms with Crippen LogP contribution in [0.3, 0.4) is 0 Å². The third kappa shape index (κ3) is 5.75. The van der Waals surface area contributed by atoms with Gasteiger partial charge in [-0.25, -0.2) is 4.79 Å².